The molecule has 0 bridgehead atoms. The molecule has 0 heterocycles. The summed E-state index contributed by atoms with van der Waals surface area (Å²) in [5.74, 6) is 0.283. The van der Waals surface area contributed by atoms with Gasteiger partial charge in [-0.05, 0) is 55.7 Å². The SMILES string of the molecule is Cc1cccc(NC(=O)CSCC(=O)Nc2cccc(C)c2C)c1. The number of anilines is 2. The number of benzene rings is 2. The van der Waals surface area contributed by atoms with Gasteiger partial charge >= 0.3 is 0 Å². The van der Waals surface area contributed by atoms with Gasteiger partial charge in [-0.3, -0.25) is 9.59 Å². The molecule has 4 nitrogen and oxygen atoms in total. The zero-order chi connectivity index (χ0) is 17.5. The molecular weight excluding hydrogens is 320 g/mol. The highest BCUT2D eigenvalue weighted by molar-refractivity contribution is 8.00. The molecule has 2 rings (SSSR count). The summed E-state index contributed by atoms with van der Waals surface area (Å²) in [6.45, 7) is 5.96. The van der Waals surface area contributed by atoms with E-state index in [4.69, 9.17) is 0 Å². The van der Waals surface area contributed by atoms with Crippen LogP contribution in [0.25, 0.3) is 0 Å². The molecule has 0 radical (unpaired) electrons. The minimum absolute atomic E-state index is 0.0999. The Morgan fingerprint density at radius 2 is 1.58 bits per heavy atom. The van der Waals surface area contributed by atoms with Crippen molar-refractivity contribution in [3.8, 4) is 0 Å². The van der Waals surface area contributed by atoms with Gasteiger partial charge in [-0.1, -0.05) is 24.3 Å². The Morgan fingerprint density at radius 3 is 2.29 bits per heavy atom. The van der Waals surface area contributed by atoms with Crippen molar-refractivity contribution < 1.29 is 9.59 Å². The van der Waals surface area contributed by atoms with Crippen LogP contribution in [-0.4, -0.2) is 23.3 Å². The summed E-state index contributed by atoms with van der Waals surface area (Å²) in [7, 11) is 0. The molecule has 0 atom stereocenters. The first-order valence-corrected chi connectivity index (χ1v) is 8.91. The maximum absolute atomic E-state index is 12.0. The largest absolute Gasteiger partial charge is 0.325 e. The second-order valence-electron chi connectivity index (χ2n) is 5.71. The predicted molar refractivity (Wildman–Crippen MR) is 102 cm³/mol. The molecule has 0 aliphatic heterocycles. The highest BCUT2D eigenvalue weighted by atomic mass is 32.2. The van der Waals surface area contributed by atoms with Gasteiger partial charge in [0.1, 0.15) is 0 Å². The van der Waals surface area contributed by atoms with Gasteiger partial charge in [0.2, 0.25) is 11.8 Å². The highest BCUT2D eigenvalue weighted by Gasteiger charge is 2.08. The smallest absolute Gasteiger partial charge is 0.234 e. The van der Waals surface area contributed by atoms with Crippen LogP contribution in [0.2, 0.25) is 0 Å². The number of thioether (sulfide) groups is 1. The third-order valence-corrected chi connectivity index (χ3v) is 4.58. The van der Waals surface area contributed by atoms with Crippen molar-refractivity contribution in [3.05, 3.63) is 59.2 Å². The molecule has 24 heavy (non-hydrogen) atoms. The van der Waals surface area contributed by atoms with Crippen molar-refractivity contribution in [2.45, 2.75) is 20.8 Å². The zero-order valence-corrected chi connectivity index (χ0v) is 15.0. The summed E-state index contributed by atoms with van der Waals surface area (Å²) < 4.78 is 0. The van der Waals surface area contributed by atoms with Gasteiger partial charge in [0.25, 0.3) is 0 Å². The number of aryl methyl sites for hydroxylation is 2. The average molecular weight is 342 g/mol. The minimum atomic E-state index is -0.106. The standard InChI is InChI=1S/C19H22N2O2S/c1-13-6-4-8-16(10-13)20-18(22)11-24-12-19(23)21-17-9-5-7-14(2)15(17)3/h4-10H,11-12H2,1-3H3,(H,20,22)(H,21,23). The van der Waals surface area contributed by atoms with Crippen LogP contribution in [0.4, 0.5) is 11.4 Å². The lowest BCUT2D eigenvalue weighted by Gasteiger charge is -2.10. The summed E-state index contributed by atoms with van der Waals surface area (Å²) in [4.78, 5) is 23.9. The van der Waals surface area contributed by atoms with Crippen molar-refractivity contribution >= 4 is 35.0 Å². The van der Waals surface area contributed by atoms with E-state index in [2.05, 4.69) is 10.6 Å². The van der Waals surface area contributed by atoms with Crippen molar-refractivity contribution in [2.24, 2.45) is 0 Å². The molecule has 0 aromatic heterocycles. The lowest BCUT2D eigenvalue weighted by molar-refractivity contribution is -0.114. The first kappa shape index (κ1) is 18.1. The van der Waals surface area contributed by atoms with E-state index in [9.17, 15) is 9.59 Å². The average Bonchev–Trinajstić information content (AvgIpc) is 2.52. The number of nitrogens with one attached hydrogen (secondary N) is 2. The van der Waals surface area contributed by atoms with Crippen LogP contribution in [0, 0.1) is 20.8 Å². The summed E-state index contributed by atoms with van der Waals surface area (Å²) in [6.07, 6.45) is 0. The Kier molecular flexibility index (Phi) is 6.44. The number of carbonyl (C=O) groups is 2. The van der Waals surface area contributed by atoms with E-state index in [0.717, 1.165) is 28.1 Å². The van der Waals surface area contributed by atoms with Gasteiger partial charge in [-0.25, -0.2) is 0 Å². The van der Waals surface area contributed by atoms with Gasteiger partial charge in [-0.15, -0.1) is 11.8 Å². The van der Waals surface area contributed by atoms with Crippen LogP contribution in [0.5, 0.6) is 0 Å². The van der Waals surface area contributed by atoms with E-state index < -0.39 is 0 Å². The Balaban J connectivity index is 1.76. The van der Waals surface area contributed by atoms with Gasteiger partial charge in [0.05, 0.1) is 11.5 Å². The lowest BCUT2D eigenvalue weighted by atomic mass is 10.1. The van der Waals surface area contributed by atoms with Gasteiger partial charge in [-0.2, -0.15) is 0 Å². The number of amides is 2. The van der Waals surface area contributed by atoms with Crippen molar-refractivity contribution in [1.82, 2.24) is 0 Å². The van der Waals surface area contributed by atoms with Crippen LogP contribution in [0.1, 0.15) is 16.7 Å². The fourth-order valence-electron chi connectivity index (χ4n) is 2.23. The van der Waals surface area contributed by atoms with Crippen molar-refractivity contribution in [3.63, 3.8) is 0 Å². The third kappa shape index (κ3) is 5.42. The Bertz CT molecular complexity index is 744. The molecule has 126 valence electrons. The van der Waals surface area contributed by atoms with Gasteiger partial charge < -0.3 is 10.6 Å². The molecule has 2 amide bonds. The highest BCUT2D eigenvalue weighted by Crippen LogP contribution is 2.18. The van der Waals surface area contributed by atoms with E-state index in [1.807, 2.05) is 63.2 Å². The second kappa shape index (κ2) is 8.55. The normalized spacial score (nSPS) is 10.3. The van der Waals surface area contributed by atoms with Crippen LogP contribution < -0.4 is 10.6 Å². The fourth-order valence-corrected chi connectivity index (χ4v) is 2.85. The molecular formula is C19H22N2O2S. The van der Waals surface area contributed by atoms with E-state index in [-0.39, 0.29) is 23.3 Å². The first-order chi connectivity index (χ1) is 11.5. The molecule has 0 spiro atoms. The molecule has 5 heteroatoms. The van der Waals surface area contributed by atoms with Crippen molar-refractivity contribution in [2.75, 3.05) is 22.1 Å². The molecule has 2 aromatic rings. The van der Waals surface area contributed by atoms with E-state index in [1.54, 1.807) is 0 Å². The molecule has 0 fully saturated rings. The van der Waals surface area contributed by atoms with Crippen LogP contribution in [-0.2, 0) is 9.59 Å². The topological polar surface area (TPSA) is 58.2 Å². The Morgan fingerprint density at radius 1 is 0.917 bits per heavy atom. The molecule has 0 aliphatic carbocycles. The quantitative estimate of drug-likeness (QED) is 0.836. The summed E-state index contributed by atoms with van der Waals surface area (Å²) in [5, 5.41) is 5.72. The van der Waals surface area contributed by atoms with E-state index in [1.165, 1.54) is 11.8 Å². The van der Waals surface area contributed by atoms with Crippen molar-refractivity contribution in [1.29, 1.82) is 0 Å². The number of rotatable bonds is 6. The Labute approximate surface area is 147 Å². The molecule has 0 unspecified atom stereocenters. The second-order valence-corrected chi connectivity index (χ2v) is 6.69. The van der Waals surface area contributed by atoms with E-state index in [0.29, 0.717) is 0 Å². The van der Waals surface area contributed by atoms with Crippen LogP contribution in [0.15, 0.2) is 42.5 Å². The van der Waals surface area contributed by atoms with E-state index >= 15 is 0 Å². The Hall–Kier alpha value is -2.27. The molecule has 0 aliphatic rings. The zero-order valence-electron chi connectivity index (χ0n) is 14.2. The van der Waals surface area contributed by atoms with Gasteiger partial charge in [0, 0.05) is 11.4 Å². The molecule has 0 saturated heterocycles. The monoisotopic (exact) mass is 342 g/mol. The number of hydrogen-bond acceptors (Lipinski definition) is 3. The molecule has 0 saturated carbocycles. The molecule has 2 aromatic carbocycles. The summed E-state index contributed by atoms with van der Waals surface area (Å²) in [6, 6.07) is 13.4. The maximum Gasteiger partial charge on any atom is 0.234 e. The lowest BCUT2D eigenvalue weighted by Crippen LogP contribution is -2.19. The fraction of sp³-hybridized carbons (Fsp3) is 0.263. The minimum Gasteiger partial charge on any atom is -0.325 e. The first-order valence-electron chi connectivity index (χ1n) is 7.76. The van der Waals surface area contributed by atoms with Crippen LogP contribution in [0.3, 0.4) is 0 Å². The predicted octanol–water partition coefficient (Wildman–Crippen LogP) is 3.92. The number of carbonyl (C=O) groups excluding carboxylic acids is 2. The molecule has 2 N–H and O–H groups in total. The summed E-state index contributed by atoms with van der Waals surface area (Å²) in [5.41, 5.74) is 4.89. The number of hydrogen-bond donors (Lipinski definition) is 2. The summed E-state index contributed by atoms with van der Waals surface area (Å²) >= 11 is 1.30. The maximum atomic E-state index is 12.0. The van der Waals surface area contributed by atoms with Gasteiger partial charge in [0.15, 0.2) is 0 Å². The third-order valence-electron chi connectivity index (χ3n) is 3.65. The van der Waals surface area contributed by atoms with Crippen LogP contribution >= 0.6 is 11.8 Å².